The zero-order chi connectivity index (χ0) is 20.2. The summed E-state index contributed by atoms with van der Waals surface area (Å²) in [5.74, 6) is 0.749. The predicted molar refractivity (Wildman–Crippen MR) is 113 cm³/mol. The fourth-order valence-corrected chi connectivity index (χ4v) is 3.98. The van der Waals surface area contributed by atoms with Crippen LogP contribution in [0.15, 0.2) is 60.9 Å². The number of carbonyl (C=O) groups excluding carboxylic acids is 1. The van der Waals surface area contributed by atoms with E-state index in [1.807, 2.05) is 60.5 Å². The number of amides is 1. The van der Waals surface area contributed by atoms with Crippen LogP contribution in [0.25, 0.3) is 11.3 Å². The van der Waals surface area contributed by atoms with E-state index in [0.29, 0.717) is 11.3 Å². The van der Waals surface area contributed by atoms with E-state index >= 15 is 0 Å². The van der Waals surface area contributed by atoms with Gasteiger partial charge in [-0.2, -0.15) is 0 Å². The maximum absolute atomic E-state index is 13.4. The first kappa shape index (κ1) is 19.1. The lowest BCUT2D eigenvalue weighted by molar-refractivity contribution is 0.0611. The fraction of sp³-hybridized carbons (Fsp3) is 0.292. The monoisotopic (exact) mass is 387 g/mol. The van der Waals surface area contributed by atoms with Crippen LogP contribution in [-0.4, -0.2) is 34.4 Å². The average molecular weight is 387 g/mol. The smallest absolute Gasteiger partial charge is 0.254 e. The second kappa shape index (κ2) is 8.43. The summed E-state index contributed by atoms with van der Waals surface area (Å²) in [7, 11) is 1.64. The number of aromatic nitrogens is 2. The number of methoxy groups -OCH3 is 1. The molecule has 5 heteroatoms. The molecule has 2 aromatic heterocycles. The number of piperidine rings is 1. The molecular weight excluding hydrogens is 362 g/mol. The van der Waals surface area contributed by atoms with Crippen LogP contribution in [0.3, 0.4) is 0 Å². The number of rotatable bonds is 4. The van der Waals surface area contributed by atoms with Gasteiger partial charge in [0.2, 0.25) is 0 Å². The van der Waals surface area contributed by atoms with Gasteiger partial charge in [0.15, 0.2) is 0 Å². The van der Waals surface area contributed by atoms with E-state index in [0.717, 1.165) is 48.3 Å². The van der Waals surface area contributed by atoms with Crippen LogP contribution >= 0.6 is 0 Å². The molecule has 29 heavy (non-hydrogen) atoms. The van der Waals surface area contributed by atoms with Crippen molar-refractivity contribution in [3.8, 4) is 17.0 Å². The first-order chi connectivity index (χ1) is 14.2. The highest BCUT2D eigenvalue weighted by Gasteiger charge is 2.29. The van der Waals surface area contributed by atoms with E-state index in [1.165, 1.54) is 0 Å². The van der Waals surface area contributed by atoms with Gasteiger partial charge < -0.3 is 9.64 Å². The molecule has 1 atom stereocenters. The SMILES string of the molecule is COc1ccc(C)nc1-c1cccc(C(=O)N2CCCCC2c2cccnc2)c1. The van der Waals surface area contributed by atoms with Gasteiger partial charge in [0.1, 0.15) is 11.4 Å². The molecule has 0 aliphatic carbocycles. The molecule has 1 aliphatic heterocycles. The second-order valence-electron chi connectivity index (χ2n) is 7.38. The number of benzene rings is 1. The van der Waals surface area contributed by atoms with E-state index in [-0.39, 0.29) is 11.9 Å². The molecule has 1 aliphatic rings. The summed E-state index contributed by atoms with van der Waals surface area (Å²) in [5, 5.41) is 0. The molecule has 148 valence electrons. The zero-order valence-electron chi connectivity index (χ0n) is 16.8. The molecule has 1 amide bonds. The number of pyridine rings is 2. The Balaban J connectivity index is 1.67. The van der Waals surface area contributed by atoms with Gasteiger partial charge in [-0.25, -0.2) is 4.98 Å². The summed E-state index contributed by atoms with van der Waals surface area (Å²) in [4.78, 5) is 24.3. The number of carbonyl (C=O) groups is 1. The summed E-state index contributed by atoms with van der Waals surface area (Å²) < 4.78 is 5.48. The molecule has 3 aromatic rings. The van der Waals surface area contributed by atoms with Crippen LogP contribution < -0.4 is 4.74 Å². The van der Waals surface area contributed by atoms with E-state index in [4.69, 9.17) is 4.74 Å². The molecule has 5 nitrogen and oxygen atoms in total. The number of hydrogen-bond donors (Lipinski definition) is 0. The van der Waals surface area contributed by atoms with E-state index in [9.17, 15) is 4.79 Å². The zero-order valence-corrected chi connectivity index (χ0v) is 16.8. The quantitative estimate of drug-likeness (QED) is 0.643. The maximum Gasteiger partial charge on any atom is 0.254 e. The van der Waals surface area contributed by atoms with Crippen LogP contribution in [0.5, 0.6) is 5.75 Å². The summed E-state index contributed by atoms with van der Waals surface area (Å²) in [6.45, 7) is 2.71. The van der Waals surface area contributed by atoms with Gasteiger partial charge in [-0.3, -0.25) is 9.78 Å². The van der Waals surface area contributed by atoms with Gasteiger partial charge in [-0.15, -0.1) is 0 Å². The molecule has 4 rings (SSSR count). The first-order valence-electron chi connectivity index (χ1n) is 10.0. The summed E-state index contributed by atoms with van der Waals surface area (Å²) in [6, 6.07) is 15.6. The number of aryl methyl sites for hydroxylation is 1. The van der Waals surface area contributed by atoms with Gasteiger partial charge in [0, 0.05) is 35.8 Å². The molecule has 0 radical (unpaired) electrons. The van der Waals surface area contributed by atoms with Gasteiger partial charge in [-0.1, -0.05) is 18.2 Å². The van der Waals surface area contributed by atoms with Crippen molar-refractivity contribution in [2.45, 2.75) is 32.2 Å². The third-order valence-corrected chi connectivity index (χ3v) is 5.43. The number of hydrogen-bond acceptors (Lipinski definition) is 4. The molecule has 0 spiro atoms. The lowest BCUT2D eigenvalue weighted by Crippen LogP contribution is -2.38. The Morgan fingerprint density at radius 3 is 2.83 bits per heavy atom. The van der Waals surface area contributed by atoms with Crippen LogP contribution in [0.4, 0.5) is 0 Å². The largest absolute Gasteiger partial charge is 0.494 e. The van der Waals surface area contributed by atoms with Gasteiger partial charge in [0.25, 0.3) is 5.91 Å². The minimum Gasteiger partial charge on any atom is -0.494 e. The number of likely N-dealkylation sites (tertiary alicyclic amines) is 1. The average Bonchev–Trinajstić information content (AvgIpc) is 2.79. The third-order valence-electron chi connectivity index (χ3n) is 5.43. The van der Waals surface area contributed by atoms with Crippen molar-refractivity contribution in [1.29, 1.82) is 0 Å². The topological polar surface area (TPSA) is 55.3 Å². The molecule has 0 N–H and O–H groups in total. The molecule has 1 aromatic carbocycles. The summed E-state index contributed by atoms with van der Waals surface area (Å²) in [6.07, 6.45) is 6.74. The van der Waals surface area contributed by atoms with E-state index in [2.05, 4.69) is 16.0 Å². The standard InChI is InChI=1S/C24H25N3O2/c1-17-11-12-22(29-2)23(26-17)18-7-5-8-19(15-18)24(28)27-14-4-3-10-21(27)20-9-6-13-25-16-20/h5-9,11-13,15-16,21H,3-4,10,14H2,1-2H3. The lowest BCUT2D eigenvalue weighted by atomic mass is 9.95. The van der Waals surface area contributed by atoms with Crippen molar-refractivity contribution in [2.24, 2.45) is 0 Å². The Bertz CT molecular complexity index is 1000. The summed E-state index contributed by atoms with van der Waals surface area (Å²) >= 11 is 0. The Hall–Kier alpha value is -3.21. The molecule has 1 saturated heterocycles. The lowest BCUT2D eigenvalue weighted by Gasteiger charge is -2.36. The normalized spacial score (nSPS) is 16.5. The molecule has 0 saturated carbocycles. The number of nitrogens with zero attached hydrogens (tertiary/aromatic N) is 3. The fourth-order valence-electron chi connectivity index (χ4n) is 3.98. The molecule has 1 unspecified atom stereocenters. The Kier molecular flexibility index (Phi) is 5.56. The van der Waals surface area contributed by atoms with Gasteiger partial charge >= 0.3 is 0 Å². The van der Waals surface area contributed by atoms with Crippen molar-refractivity contribution < 1.29 is 9.53 Å². The van der Waals surface area contributed by atoms with E-state index in [1.54, 1.807) is 13.3 Å². The minimum atomic E-state index is 0.0482. The van der Waals surface area contributed by atoms with Crippen molar-refractivity contribution in [2.75, 3.05) is 13.7 Å². The maximum atomic E-state index is 13.4. The second-order valence-corrected chi connectivity index (χ2v) is 7.38. The van der Waals surface area contributed by atoms with Crippen LogP contribution in [0, 0.1) is 6.92 Å². The van der Waals surface area contributed by atoms with Crippen LogP contribution in [0.1, 0.15) is 46.9 Å². The van der Waals surface area contributed by atoms with Gasteiger partial charge in [0.05, 0.1) is 13.2 Å². The highest BCUT2D eigenvalue weighted by Crippen LogP contribution is 2.33. The minimum absolute atomic E-state index is 0.0482. The predicted octanol–water partition coefficient (Wildman–Crippen LogP) is 4.83. The third kappa shape index (κ3) is 3.99. The molecule has 3 heterocycles. The Labute approximate surface area is 171 Å². The highest BCUT2D eigenvalue weighted by atomic mass is 16.5. The molecule has 0 bridgehead atoms. The van der Waals surface area contributed by atoms with Crippen molar-refractivity contribution in [1.82, 2.24) is 14.9 Å². The van der Waals surface area contributed by atoms with Crippen molar-refractivity contribution >= 4 is 5.91 Å². The first-order valence-corrected chi connectivity index (χ1v) is 10.0. The van der Waals surface area contributed by atoms with Gasteiger partial charge in [-0.05, 0) is 62.1 Å². The number of ether oxygens (including phenoxy) is 1. The Morgan fingerprint density at radius 2 is 2.03 bits per heavy atom. The highest BCUT2D eigenvalue weighted by molar-refractivity contribution is 5.96. The van der Waals surface area contributed by atoms with Crippen molar-refractivity contribution in [3.63, 3.8) is 0 Å². The molecular formula is C24H25N3O2. The molecule has 1 fully saturated rings. The summed E-state index contributed by atoms with van der Waals surface area (Å²) in [5.41, 5.74) is 4.31. The Morgan fingerprint density at radius 1 is 1.14 bits per heavy atom. The van der Waals surface area contributed by atoms with Crippen LogP contribution in [-0.2, 0) is 0 Å². The van der Waals surface area contributed by atoms with Crippen LogP contribution in [0.2, 0.25) is 0 Å². The van der Waals surface area contributed by atoms with Crippen molar-refractivity contribution in [3.05, 3.63) is 77.7 Å². The van der Waals surface area contributed by atoms with E-state index < -0.39 is 0 Å².